The lowest BCUT2D eigenvalue weighted by Gasteiger charge is -2.39. The van der Waals surface area contributed by atoms with Crippen molar-refractivity contribution >= 4 is 17.6 Å². The standard InChI is InChI=1S/C18H22FN5O2/c1-11(12-5-3-2-4-6-12)23-14-9-24(8-7-13(14)18(25)26)17-15(19)16(20)21-10-22-17/h2-6,10-11,13-14,23H,7-9H2,1H3,(H,25,26)(H2,20,21,22)/t11-,13-,14-/m0/s1. The first-order valence-electron chi connectivity index (χ1n) is 8.52. The molecule has 1 saturated heterocycles. The molecule has 3 rings (SSSR count). The number of anilines is 2. The maximum Gasteiger partial charge on any atom is 0.308 e. The minimum Gasteiger partial charge on any atom is -0.481 e. The van der Waals surface area contributed by atoms with Crippen LogP contribution in [0.1, 0.15) is 24.9 Å². The van der Waals surface area contributed by atoms with Crippen LogP contribution in [0, 0.1) is 11.7 Å². The minimum absolute atomic E-state index is 0.0386. The minimum atomic E-state index is -0.856. The third-order valence-electron chi connectivity index (χ3n) is 4.79. The molecule has 1 fully saturated rings. The Hall–Kier alpha value is -2.74. The number of carboxylic acids is 1. The van der Waals surface area contributed by atoms with Crippen molar-refractivity contribution in [2.45, 2.75) is 25.4 Å². The van der Waals surface area contributed by atoms with E-state index in [0.717, 1.165) is 5.56 Å². The van der Waals surface area contributed by atoms with Gasteiger partial charge in [-0.1, -0.05) is 30.3 Å². The number of nitrogens with two attached hydrogens (primary N) is 1. The van der Waals surface area contributed by atoms with Crippen LogP contribution in [0.2, 0.25) is 0 Å². The fraction of sp³-hybridized carbons (Fsp3) is 0.389. The average molecular weight is 359 g/mol. The molecule has 8 heteroatoms. The Kier molecular flexibility index (Phi) is 5.32. The van der Waals surface area contributed by atoms with Crippen LogP contribution in [0.15, 0.2) is 36.7 Å². The molecule has 2 heterocycles. The van der Waals surface area contributed by atoms with Crippen molar-refractivity contribution in [2.24, 2.45) is 5.92 Å². The van der Waals surface area contributed by atoms with Gasteiger partial charge in [0.05, 0.1) is 5.92 Å². The Bertz CT molecular complexity index is 773. The molecule has 0 radical (unpaired) electrons. The van der Waals surface area contributed by atoms with Crippen LogP contribution in [0.3, 0.4) is 0 Å². The van der Waals surface area contributed by atoms with Gasteiger partial charge in [-0.05, 0) is 18.9 Å². The highest BCUT2D eigenvalue weighted by Gasteiger charge is 2.36. The smallest absolute Gasteiger partial charge is 0.308 e. The number of halogens is 1. The summed E-state index contributed by atoms with van der Waals surface area (Å²) in [4.78, 5) is 21.0. The van der Waals surface area contributed by atoms with Gasteiger partial charge in [0.1, 0.15) is 6.33 Å². The fourth-order valence-electron chi connectivity index (χ4n) is 3.36. The predicted octanol–water partition coefficient (Wildman–Crippen LogP) is 1.83. The summed E-state index contributed by atoms with van der Waals surface area (Å²) in [5.41, 5.74) is 6.59. The van der Waals surface area contributed by atoms with Gasteiger partial charge < -0.3 is 21.1 Å². The molecule has 0 amide bonds. The van der Waals surface area contributed by atoms with Crippen molar-refractivity contribution in [1.29, 1.82) is 0 Å². The largest absolute Gasteiger partial charge is 0.481 e. The van der Waals surface area contributed by atoms with E-state index >= 15 is 0 Å². The number of benzene rings is 1. The lowest BCUT2D eigenvalue weighted by Crippen LogP contribution is -2.54. The van der Waals surface area contributed by atoms with E-state index < -0.39 is 17.7 Å². The Morgan fingerprint density at radius 3 is 2.81 bits per heavy atom. The lowest BCUT2D eigenvalue weighted by atomic mass is 9.90. The van der Waals surface area contributed by atoms with Gasteiger partial charge in [-0.15, -0.1) is 0 Å². The molecule has 4 N–H and O–H groups in total. The summed E-state index contributed by atoms with van der Waals surface area (Å²) in [6, 6.07) is 9.39. The molecule has 1 aliphatic heterocycles. The van der Waals surface area contributed by atoms with Crippen LogP contribution in [-0.4, -0.2) is 40.2 Å². The number of rotatable bonds is 5. The predicted molar refractivity (Wildman–Crippen MR) is 96.1 cm³/mol. The van der Waals surface area contributed by atoms with Crippen LogP contribution in [0.4, 0.5) is 16.0 Å². The molecule has 7 nitrogen and oxygen atoms in total. The van der Waals surface area contributed by atoms with Gasteiger partial charge in [-0.2, -0.15) is 4.39 Å². The molecule has 0 aliphatic carbocycles. The average Bonchev–Trinajstić information content (AvgIpc) is 2.64. The van der Waals surface area contributed by atoms with Gasteiger partial charge in [0, 0.05) is 25.2 Å². The van der Waals surface area contributed by atoms with Gasteiger partial charge in [-0.25, -0.2) is 9.97 Å². The summed E-state index contributed by atoms with van der Waals surface area (Å²) >= 11 is 0. The molecule has 26 heavy (non-hydrogen) atoms. The highest BCUT2D eigenvalue weighted by Crippen LogP contribution is 2.27. The summed E-state index contributed by atoms with van der Waals surface area (Å²) in [6.45, 7) is 2.69. The van der Waals surface area contributed by atoms with Gasteiger partial charge in [0.25, 0.3) is 0 Å². The topological polar surface area (TPSA) is 104 Å². The first kappa shape index (κ1) is 18.1. The van der Waals surface area contributed by atoms with Gasteiger partial charge in [0.15, 0.2) is 11.6 Å². The third-order valence-corrected chi connectivity index (χ3v) is 4.79. The summed E-state index contributed by atoms with van der Waals surface area (Å²) in [5, 5.41) is 13.0. The van der Waals surface area contributed by atoms with E-state index in [1.807, 2.05) is 37.3 Å². The monoisotopic (exact) mass is 359 g/mol. The second kappa shape index (κ2) is 7.65. The summed E-state index contributed by atoms with van der Waals surface area (Å²) in [7, 11) is 0. The molecule has 1 aromatic heterocycles. The molecule has 0 unspecified atom stereocenters. The first-order chi connectivity index (χ1) is 12.5. The Morgan fingerprint density at radius 2 is 2.12 bits per heavy atom. The Morgan fingerprint density at radius 1 is 1.38 bits per heavy atom. The number of nitrogens with one attached hydrogen (secondary N) is 1. The van der Waals surface area contributed by atoms with E-state index in [0.29, 0.717) is 19.5 Å². The lowest BCUT2D eigenvalue weighted by molar-refractivity contribution is -0.143. The molecule has 0 bridgehead atoms. The van der Waals surface area contributed by atoms with Crippen molar-refractivity contribution in [1.82, 2.24) is 15.3 Å². The Balaban J connectivity index is 1.80. The van der Waals surface area contributed by atoms with Gasteiger partial charge in [0.2, 0.25) is 5.82 Å². The molecule has 1 aliphatic rings. The van der Waals surface area contributed by atoms with E-state index in [9.17, 15) is 14.3 Å². The fourth-order valence-corrected chi connectivity index (χ4v) is 3.36. The highest BCUT2D eigenvalue weighted by atomic mass is 19.1. The number of aliphatic carboxylic acids is 1. The molecule has 3 atom stereocenters. The number of hydrogen-bond acceptors (Lipinski definition) is 6. The Labute approximate surface area is 151 Å². The normalized spacial score (nSPS) is 21.4. The van der Waals surface area contributed by atoms with Crippen LogP contribution < -0.4 is 16.0 Å². The number of piperidine rings is 1. The van der Waals surface area contributed by atoms with Crippen molar-refractivity contribution in [3.05, 3.63) is 48.0 Å². The van der Waals surface area contributed by atoms with Crippen LogP contribution >= 0.6 is 0 Å². The molecule has 0 spiro atoms. The van der Waals surface area contributed by atoms with E-state index in [1.54, 1.807) is 4.90 Å². The maximum absolute atomic E-state index is 14.3. The van der Waals surface area contributed by atoms with Gasteiger partial charge in [-0.3, -0.25) is 4.79 Å². The van der Waals surface area contributed by atoms with E-state index in [2.05, 4.69) is 15.3 Å². The maximum atomic E-state index is 14.3. The van der Waals surface area contributed by atoms with Gasteiger partial charge >= 0.3 is 5.97 Å². The summed E-state index contributed by atoms with van der Waals surface area (Å²) in [5.74, 6) is -2.18. The molecule has 2 aromatic rings. The van der Waals surface area contributed by atoms with Crippen molar-refractivity contribution in [2.75, 3.05) is 23.7 Å². The van der Waals surface area contributed by atoms with Crippen molar-refractivity contribution in [3.8, 4) is 0 Å². The second-order valence-corrected chi connectivity index (χ2v) is 6.48. The number of carboxylic acid groups (broad SMARTS) is 1. The highest BCUT2D eigenvalue weighted by molar-refractivity contribution is 5.71. The number of aromatic nitrogens is 2. The van der Waals surface area contributed by atoms with Crippen LogP contribution in [-0.2, 0) is 4.79 Å². The van der Waals surface area contributed by atoms with E-state index in [1.165, 1.54) is 6.33 Å². The molecular formula is C18H22FN5O2. The van der Waals surface area contributed by atoms with Crippen LogP contribution in [0.25, 0.3) is 0 Å². The molecule has 0 saturated carbocycles. The van der Waals surface area contributed by atoms with Crippen LogP contribution in [0.5, 0.6) is 0 Å². The number of nitrogens with zero attached hydrogens (tertiary/aromatic N) is 3. The first-order valence-corrected chi connectivity index (χ1v) is 8.52. The molecule has 1 aromatic carbocycles. The summed E-state index contributed by atoms with van der Waals surface area (Å²) in [6.07, 6.45) is 1.60. The van der Waals surface area contributed by atoms with E-state index in [-0.39, 0.29) is 23.7 Å². The second-order valence-electron chi connectivity index (χ2n) is 6.48. The number of nitrogen functional groups attached to an aromatic ring is 1. The number of carbonyl (C=O) groups is 1. The SMILES string of the molecule is C[C@H](N[C@H]1CN(c2ncnc(N)c2F)CC[C@@H]1C(=O)O)c1ccccc1. The molecule has 138 valence electrons. The molecular weight excluding hydrogens is 337 g/mol. The zero-order valence-corrected chi connectivity index (χ0v) is 14.5. The summed E-state index contributed by atoms with van der Waals surface area (Å²) < 4.78 is 14.3. The zero-order valence-electron chi connectivity index (χ0n) is 14.5. The third kappa shape index (κ3) is 3.75. The van der Waals surface area contributed by atoms with Crippen molar-refractivity contribution in [3.63, 3.8) is 0 Å². The number of hydrogen-bond donors (Lipinski definition) is 3. The zero-order chi connectivity index (χ0) is 18.7. The van der Waals surface area contributed by atoms with Crippen molar-refractivity contribution < 1.29 is 14.3 Å². The van der Waals surface area contributed by atoms with E-state index in [4.69, 9.17) is 5.73 Å². The quantitative estimate of drug-likeness (QED) is 0.748.